The molecule has 6 aliphatic heterocycles. The maximum Gasteiger partial charge on any atom is 0.407 e. The number of esters is 2. The Labute approximate surface area is 754 Å². The monoisotopic (exact) mass is 1800 g/mol. The van der Waals surface area contributed by atoms with Crippen molar-refractivity contribution in [2.75, 3.05) is 69.0 Å². The molecule has 4 saturated heterocycles. The van der Waals surface area contributed by atoms with E-state index in [0.717, 1.165) is 20.9 Å². The van der Waals surface area contributed by atoms with Crippen LogP contribution in [0.3, 0.4) is 0 Å². The Morgan fingerprint density at radius 2 is 0.805 bits per heavy atom. The molecule has 4 bridgehead atoms. The lowest BCUT2D eigenvalue weighted by atomic mass is 9.81. The molecule has 128 heavy (non-hydrogen) atoms. The van der Waals surface area contributed by atoms with Gasteiger partial charge in [0.15, 0.2) is 0 Å². The Hall–Kier alpha value is -7.28. The van der Waals surface area contributed by atoms with Crippen LogP contribution in [0, 0.1) is 59.2 Å². The quantitative estimate of drug-likeness (QED) is 0.0261. The molecule has 9 rings (SSSR count). The number of methoxy groups -OCH3 is 6. The number of aliphatic hydroxyl groups excluding tert-OH is 4. The highest BCUT2D eigenvalue weighted by Gasteiger charge is 2.59. The third-order valence-electron chi connectivity index (χ3n) is 28.1. The summed E-state index contributed by atoms with van der Waals surface area (Å²) in [6.07, 6.45) is -0.410. The molecule has 3 unspecified atom stereocenters. The average Bonchev–Trinajstić information content (AvgIpc) is 0.776. The van der Waals surface area contributed by atoms with E-state index >= 15 is 0 Å². The number of piperidine rings is 2. The minimum atomic E-state index is -2.63. The fourth-order valence-electron chi connectivity index (χ4n) is 20.4. The van der Waals surface area contributed by atoms with Crippen molar-refractivity contribution >= 4 is 59.1 Å². The van der Waals surface area contributed by atoms with Gasteiger partial charge in [-0.05, 0) is 202 Å². The van der Waals surface area contributed by atoms with Crippen molar-refractivity contribution in [3.63, 3.8) is 0 Å². The Kier molecular flexibility index (Phi) is 39.5. The average molecular weight is 1800 g/mol. The van der Waals surface area contributed by atoms with Gasteiger partial charge in [-0.2, -0.15) is 0 Å². The highest BCUT2D eigenvalue weighted by molar-refractivity contribution is 6.39. The zero-order valence-corrected chi connectivity index (χ0v) is 78.0. The van der Waals surface area contributed by atoms with Crippen LogP contribution in [0.1, 0.15) is 222 Å². The number of carbonyl (C=O) groups is 10. The first-order valence-corrected chi connectivity index (χ1v) is 46.3. The number of ether oxygens (including phenoxy) is 12. The lowest BCUT2D eigenvalue weighted by Crippen LogP contribution is -2.64. The second kappa shape index (κ2) is 48.4. The molecule has 2 aliphatic carbocycles. The van der Waals surface area contributed by atoms with Crippen LogP contribution in [0.4, 0.5) is 9.59 Å². The zero-order chi connectivity index (χ0) is 93.8. The molecule has 4 amide bonds. The summed E-state index contributed by atoms with van der Waals surface area (Å²) in [6, 6.07) is 4.49. The summed E-state index contributed by atoms with van der Waals surface area (Å²) in [5.74, 6) is -18.5. The number of nitrogens with one attached hydrogen (secondary N) is 2. The van der Waals surface area contributed by atoms with Gasteiger partial charge in [0.1, 0.15) is 48.1 Å². The summed E-state index contributed by atoms with van der Waals surface area (Å²) in [4.78, 5) is 147. The maximum atomic E-state index is 14.9. The van der Waals surface area contributed by atoms with Gasteiger partial charge in [-0.3, -0.25) is 28.8 Å². The van der Waals surface area contributed by atoms with Crippen molar-refractivity contribution < 1.29 is 135 Å². The minimum Gasteiger partial charge on any atom is -0.456 e. The van der Waals surface area contributed by atoms with Gasteiger partial charge in [-0.25, -0.2) is 19.2 Å². The van der Waals surface area contributed by atoms with E-state index in [-0.39, 0.29) is 113 Å². The van der Waals surface area contributed by atoms with Gasteiger partial charge in [0.2, 0.25) is 11.6 Å². The molecule has 718 valence electrons. The number of nitrogens with zero attached hydrogens (tertiary/aromatic N) is 2. The molecule has 8 N–H and O–H groups in total. The molecular weight excluding hydrogens is 1660 g/mol. The molecule has 28 atom stereocenters. The fraction of sp³-hybridized carbons (Fsp3) is 0.750. The first-order valence-electron chi connectivity index (χ1n) is 46.3. The molecule has 8 aliphatic rings. The van der Waals surface area contributed by atoms with Crippen LogP contribution >= 0.6 is 0 Å². The van der Waals surface area contributed by atoms with Gasteiger partial charge in [-0.15, -0.1) is 0 Å². The standard InChI is InChI=1S/C96H146N4O28/c1-53-37-55(3)41-79(119-13)85-81(121-15)45-59(7)95(115,127-85)87(107)89(109)99-33-19-17-21-69(99)91(111)125-83(57(5)43-65-27-29-71(101)77(47-65)117-11)61(9)73(103)49-75(105)67(39-53)31-35-123-93(113)97-51-63-23-25-64(26-24-63)52-98-94(114)124-36-32-68-40-54(2)38-56(4)42-80(120-14)86-82(122-16)46-60(8)96(116,128-86)88(108)90(110)100-34-20-18-22-70(100)92(112)126-84(62(10)74(104)50-76(68)106)58(6)44-66-28-30-72(102)78(48-66)118-12/h23-26,39-40,43-44,55-56,59-62,65-74,77-86,101-104,115-116H,17-22,27-38,41-42,45-52H2,1-16H3,(H,97,113)(H,98,114)/b53-39-,54-40+,57-43+,58-44+/t55-,56-,59+,60+,61+,62+,65-,66-,67?,68+,69?,70?,71+,72+,73-,74-,77+,78+,79-,80-,81-,82-,83+,84+,85+,86+,95+,96+/m0/s1. The molecule has 2 saturated carbocycles. The van der Waals surface area contributed by atoms with Crippen LogP contribution in [0.25, 0.3) is 0 Å². The van der Waals surface area contributed by atoms with Crippen molar-refractivity contribution in [2.24, 2.45) is 59.2 Å². The van der Waals surface area contributed by atoms with Crippen molar-refractivity contribution in [3.05, 3.63) is 82.0 Å². The molecule has 1 aromatic rings. The summed E-state index contributed by atoms with van der Waals surface area (Å²) in [7, 11) is 8.97. The van der Waals surface area contributed by atoms with Crippen molar-refractivity contribution in [1.82, 2.24) is 20.4 Å². The topological polar surface area (TPSA) is 433 Å². The number of allylic oxidation sites excluding steroid dienone is 6. The number of carbonyl (C=O) groups excluding carboxylic acids is 10. The van der Waals surface area contributed by atoms with Crippen LogP contribution in [0.5, 0.6) is 0 Å². The fourth-order valence-corrected chi connectivity index (χ4v) is 20.4. The molecular formula is C96H146N4O28. The van der Waals surface area contributed by atoms with Crippen LogP contribution in [0.15, 0.2) is 70.9 Å². The number of alkyl carbamates (subject to hydrolysis) is 2. The van der Waals surface area contributed by atoms with Crippen LogP contribution in [-0.2, 0) is 108 Å². The summed E-state index contributed by atoms with van der Waals surface area (Å²) in [5.41, 5.74) is 4.00. The Balaban J connectivity index is 0.860. The van der Waals surface area contributed by atoms with Gasteiger partial charge in [0.05, 0.1) is 74.3 Å². The van der Waals surface area contributed by atoms with E-state index in [9.17, 15) is 78.6 Å². The molecule has 6 fully saturated rings. The van der Waals surface area contributed by atoms with Gasteiger partial charge < -0.3 is 108 Å². The number of Topliss-reactive ketones (excluding diaryl/α,β-unsaturated/α-hetero) is 4. The third-order valence-corrected chi connectivity index (χ3v) is 28.1. The van der Waals surface area contributed by atoms with E-state index in [1.165, 1.54) is 42.7 Å². The largest absolute Gasteiger partial charge is 0.456 e. The predicted molar refractivity (Wildman–Crippen MR) is 468 cm³/mol. The first kappa shape index (κ1) is 104. The lowest BCUT2D eigenvalue weighted by molar-refractivity contribution is -0.302. The lowest BCUT2D eigenvalue weighted by Gasteiger charge is -2.47. The normalized spacial score (nSPS) is 37.8. The van der Waals surface area contributed by atoms with Crippen molar-refractivity contribution in [3.8, 4) is 0 Å². The Morgan fingerprint density at radius 3 is 1.15 bits per heavy atom. The number of benzene rings is 1. The number of hydrogen-bond donors (Lipinski definition) is 8. The van der Waals surface area contributed by atoms with E-state index in [2.05, 4.69) is 10.6 Å². The third kappa shape index (κ3) is 27.0. The van der Waals surface area contributed by atoms with E-state index in [4.69, 9.17) is 56.8 Å². The first-order chi connectivity index (χ1) is 60.8. The van der Waals surface area contributed by atoms with E-state index in [0.29, 0.717) is 112 Å². The highest BCUT2D eigenvalue weighted by Crippen LogP contribution is 2.43. The van der Waals surface area contributed by atoms with Gasteiger partial charge in [0.25, 0.3) is 23.4 Å². The second-order valence-corrected chi connectivity index (χ2v) is 37.9. The number of cyclic esters (lactones) is 2. The number of hydrogen-bond acceptors (Lipinski definition) is 28. The van der Waals surface area contributed by atoms with E-state index in [1.54, 1.807) is 78.0 Å². The summed E-state index contributed by atoms with van der Waals surface area (Å²) < 4.78 is 72.0. The van der Waals surface area contributed by atoms with Crippen molar-refractivity contribution in [1.29, 1.82) is 0 Å². The Morgan fingerprint density at radius 1 is 0.461 bits per heavy atom. The summed E-state index contributed by atoms with van der Waals surface area (Å²) in [5, 5.41) is 76.1. The number of rotatable bonds is 20. The number of fused-ring (bicyclic) bond motifs is 6. The molecule has 0 spiro atoms. The van der Waals surface area contributed by atoms with Crippen LogP contribution in [-0.4, -0.2) is 278 Å². The maximum absolute atomic E-state index is 14.9. The smallest absolute Gasteiger partial charge is 0.407 e. The SMILES string of the molecule is CO[C@H]1C[C@@H](C)C/C(C)=C\C(CCOC(=O)NCc2ccc(CNC(=O)OCC[C@@H]3/C=C(\C)C[C@H](C)C[C@H](OC)[C@H]4O[C@@](O)(C(=O)C(=O)N5CCCCC5C(=O)O[C@H](/C(C)=C/[C@@H]5CC[C@@H](O)[C@H](OC)C5)[C@H](C)[C@@H](O)CC3=O)[C@H](C)C[C@@H]4OC)cc2)C(=O)C[C@H](O)[C@@H](C)[C@@H](/C(C)=C/[C@@H]2CC[C@@H](O)[C@H](OC)C2)OC(=O)C2CCCCN2C(=O)C(=O)[C@]2(O)O[C@H]1[C@@H](OC)C[C@H]2C. The predicted octanol–water partition coefficient (Wildman–Crippen LogP) is 9.07. The van der Waals surface area contributed by atoms with Gasteiger partial charge in [-0.1, -0.05) is 101 Å². The molecule has 1 aromatic carbocycles. The number of aliphatic hydroxyl groups is 6. The van der Waals surface area contributed by atoms with E-state index < -0.39 is 205 Å². The van der Waals surface area contributed by atoms with Crippen molar-refractivity contribution in [2.45, 2.75) is 333 Å². The molecule has 32 nitrogen and oxygen atoms in total. The molecule has 32 heteroatoms. The summed E-state index contributed by atoms with van der Waals surface area (Å²) in [6.45, 7) is 17.3. The zero-order valence-electron chi connectivity index (χ0n) is 78.0. The number of amides is 4. The second-order valence-electron chi connectivity index (χ2n) is 37.9. The minimum absolute atomic E-state index is 0.00138. The molecule has 0 radical (unpaired) electrons. The number of ketones is 4. The van der Waals surface area contributed by atoms with E-state index in [1.807, 2.05) is 39.8 Å². The molecule has 0 aromatic heterocycles. The Bertz CT molecular complexity index is 3790. The van der Waals surface area contributed by atoms with Gasteiger partial charge in [0, 0.05) is 117 Å². The van der Waals surface area contributed by atoms with Crippen LogP contribution in [0.2, 0.25) is 0 Å². The molecule has 6 heterocycles. The van der Waals surface area contributed by atoms with Crippen LogP contribution < -0.4 is 10.6 Å². The summed E-state index contributed by atoms with van der Waals surface area (Å²) >= 11 is 0. The van der Waals surface area contributed by atoms with Gasteiger partial charge >= 0.3 is 24.1 Å². The highest BCUT2D eigenvalue weighted by atomic mass is 16.7.